The van der Waals surface area contributed by atoms with Gasteiger partial charge in [-0.25, -0.2) is 8.42 Å². The van der Waals surface area contributed by atoms with Crippen LogP contribution in [0.5, 0.6) is 0 Å². The van der Waals surface area contributed by atoms with Gasteiger partial charge in [0, 0.05) is 36.9 Å². The summed E-state index contributed by atoms with van der Waals surface area (Å²) in [5.74, 6) is 0.434. The highest BCUT2D eigenvalue weighted by atomic mass is 32.2. The van der Waals surface area contributed by atoms with Crippen LogP contribution >= 0.6 is 12.2 Å². The SMILES string of the molecule is Cc1cc(C)cc(NC(=S)N(CCN(C(C)C)C(C)C)[C@H]2CCS(=O)(=O)C2)c1. The molecular formula is C21H35N3O2S2. The first-order chi connectivity index (χ1) is 13.0. The summed E-state index contributed by atoms with van der Waals surface area (Å²) in [6.45, 7) is 14.4. The second-order valence-corrected chi connectivity index (χ2v) is 11.1. The summed E-state index contributed by atoms with van der Waals surface area (Å²) >= 11 is 5.74. The smallest absolute Gasteiger partial charge is 0.173 e. The number of hydrogen-bond acceptors (Lipinski definition) is 4. The first-order valence-electron chi connectivity index (χ1n) is 10.1. The summed E-state index contributed by atoms with van der Waals surface area (Å²) in [5.41, 5.74) is 3.30. The van der Waals surface area contributed by atoms with E-state index in [1.54, 1.807) is 0 Å². The van der Waals surface area contributed by atoms with Crippen LogP contribution in [0.1, 0.15) is 45.2 Å². The maximum atomic E-state index is 12.1. The number of benzene rings is 1. The second-order valence-electron chi connectivity index (χ2n) is 8.48. The fourth-order valence-corrected chi connectivity index (χ4v) is 6.14. The lowest BCUT2D eigenvalue weighted by molar-refractivity contribution is 0.155. The van der Waals surface area contributed by atoms with Crippen molar-refractivity contribution in [2.45, 2.75) is 66.1 Å². The van der Waals surface area contributed by atoms with Crippen molar-refractivity contribution in [1.29, 1.82) is 0 Å². The average molecular weight is 426 g/mol. The van der Waals surface area contributed by atoms with Gasteiger partial charge in [0.05, 0.1) is 11.5 Å². The van der Waals surface area contributed by atoms with E-state index in [0.29, 0.717) is 30.2 Å². The second kappa shape index (κ2) is 9.55. The van der Waals surface area contributed by atoms with Crippen LogP contribution in [0.2, 0.25) is 0 Å². The molecule has 5 nitrogen and oxygen atoms in total. The Bertz CT molecular complexity index is 763. The summed E-state index contributed by atoms with van der Waals surface area (Å²) < 4.78 is 24.1. The summed E-state index contributed by atoms with van der Waals surface area (Å²) in [5, 5.41) is 3.96. The number of nitrogens with one attached hydrogen (secondary N) is 1. The lowest BCUT2D eigenvalue weighted by Crippen LogP contribution is -2.49. The van der Waals surface area contributed by atoms with Crippen LogP contribution in [0.3, 0.4) is 0 Å². The number of anilines is 1. The number of thiocarbonyl (C=S) groups is 1. The number of hydrogen-bond donors (Lipinski definition) is 1. The van der Waals surface area contributed by atoms with Gasteiger partial charge in [0.2, 0.25) is 0 Å². The molecule has 28 heavy (non-hydrogen) atoms. The molecule has 1 aliphatic heterocycles. The number of nitrogens with zero attached hydrogens (tertiary/aromatic N) is 2. The highest BCUT2D eigenvalue weighted by Gasteiger charge is 2.33. The first kappa shape index (κ1) is 23.1. The van der Waals surface area contributed by atoms with Gasteiger partial charge in [0.15, 0.2) is 14.9 Å². The average Bonchev–Trinajstić information content (AvgIpc) is 2.89. The van der Waals surface area contributed by atoms with E-state index in [4.69, 9.17) is 12.2 Å². The van der Waals surface area contributed by atoms with Crippen molar-refractivity contribution >= 4 is 32.9 Å². The number of sulfone groups is 1. The molecule has 1 aliphatic rings. The molecule has 0 bridgehead atoms. The van der Waals surface area contributed by atoms with Crippen molar-refractivity contribution in [1.82, 2.24) is 9.80 Å². The van der Waals surface area contributed by atoms with Crippen LogP contribution in [0, 0.1) is 13.8 Å². The Morgan fingerprint density at radius 2 is 1.68 bits per heavy atom. The molecule has 158 valence electrons. The van der Waals surface area contributed by atoms with E-state index in [9.17, 15) is 8.42 Å². The molecule has 1 fully saturated rings. The van der Waals surface area contributed by atoms with Crippen molar-refractivity contribution in [3.05, 3.63) is 29.3 Å². The van der Waals surface area contributed by atoms with Crippen molar-refractivity contribution in [3.8, 4) is 0 Å². The number of aryl methyl sites for hydroxylation is 2. The highest BCUT2D eigenvalue weighted by molar-refractivity contribution is 7.91. The Kier molecular flexibility index (Phi) is 7.88. The van der Waals surface area contributed by atoms with E-state index in [-0.39, 0.29) is 17.5 Å². The van der Waals surface area contributed by atoms with E-state index in [1.165, 1.54) is 11.1 Å². The zero-order valence-corrected chi connectivity index (χ0v) is 19.7. The maximum absolute atomic E-state index is 12.1. The molecule has 0 aromatic heterocycles. The maximum Gasteiger partial charge on any atom is 0.173 e. The molecule has 0 aliphatic carbocycles. The molecule has 0 unspecified atom stereocenters. The summed E-state index contributed by atoms with van der Waals surface area (Å²) in [6, 6.07) is 7.05. The summed E-state index contributed by atoms with van der Waals surface area (Å²) in [7, 11) is -2.97. The minimum Gasteiger partial charge on any atom is -0.344 e. The van der Waals surface area contributed by atoms with E-state index >= 15 is 0 Å². The van der Waals surface area contributed by atoms with E-state index in [0.717, 1.165) is 12.2 Å². The van der Waals surface area contributed by atoms with Gasteiger partial charge in [-0.15, -0.1) is 0 Å². The molecule has 0 saturated carbocycles. The predicted molar refractivity (Wildman–Crippen MR) is 123 cm³/mol. The fraction of sp³-hybridized carbons (Fsp3) is 0.667. The molecule has 1 heterocycles. The summed E-state index contributed by atoms with van der Waals surface area (Å²) in [6.07, 6.45) is 0.639. The third-order valence-electron chi connectivity index (χ3n) is 5.31. The van der Waals surface area contributed by atoms with Gasteiger partial charge >= 0.3 is 0 Å². The van der Waals surface area contributed by atoms with Crippen LogP contribution in [0.4, 0.5) is 5.69 Å². The molecule has 1 atom stereocenters. The van der Waals surface area contributed by atoms with Gasteiger partial charge in [-0.1, -0.05) is 6.07 Å². The first-order valence-corrected chi connectivity index (χ1v) is 12.3. The van der Waals surface area contributed by atoms with Crippen molar-refractivity contribution < 1.29 is 8.42 Å². The molecule has 1 aromatic carbocycles. The quantitative estimate of drug-likeness (QED) is 0.674. The molecule has 7 heteroatoms. The minimum atomic E-state index is -2.97. The largest absolute Gasteiger partial charge is 0.344 e. The minimum absolute atomic E-state index is 0.0583. The van der Waals surface area contributed by atoms with Crippen molar-refractivity contribution in [2.24, 2.45) is 0 Å². The lowest BCUT2D eigenvalue weighted by Gasteiger charge is -2.36. The van der Waals surface area contributed by atoms with E-state index in [1.807, 2.05) is 0 Å². The predicted octanol–water partition coefficient (Wildman–Crippen LogP) is 3.61. The van der Waals surface area contributed by atoms with E-state index in [2.05, 4.69) is 74.9 Å². The van der Waals surface area contributed by atoms with E-state index < -0.39 is 9.84 Å². The third-order valence-corrected chi connectivity index (χ3v) is 7.40. The Morgan fingerprint density at radius 1 is 1.11 bits per heavy atom. The molecule has 1 saturated heterocycles. The Hall–Kier alpha value is -1.18. The summed E-state index contributed by atoms with van der Waals surface area (Å²) in [4.78, 5) is 4.51. The van der Waals surface area contributed by atoms with Crippen LogP contribution in [0.15, 0.2) is 18.2 Å². The Labute approximate surface area is 176 Å². The van der Waals surface area contributed by atoms with Gasteiger partial charge in [0.25, 0.3) is 0 Å². The van der Waals surface area contributed by atoms with Gasteiger partial charge in [0.1, 0.15) is 0 Å². The highest BCUT2D eigenvalue weighted by Crippen LogP contribution is 2.21. The topological polar surface area (TPSA) is 52.6 Å². The van der Waals surface area contributed by atoms with Crippen molar-refractivity contribution in [2.75, 3.05) is 29.9 Å². The molecule has 2 rings (SSSR count). The Morgan fingerprint density at radius 3 is 2.14 bits per heavy atom. The van der Waals surface area contributed by atoms with Crippen LogP contribution in [0.25, 0.3) is 0 Å². The zero-order chi connectivity index (χ0) is 21.1. The lowest BCUT2D eigenvalue weighted by atomic mass is 10.1. The van der Waals surface area contributed by atoms with Gasteiger partial charge in [-0.2, -0.15) is 0 Å². The van der Waals surface area contributed by atoms with Crippen LogP contribution in [-0.4, -0.2) is 66.1 Å². The normalized spacial score (nSPS) is 18.8. The standard InChI is InChI=1S/C21H35N3O2S2/c1-15(2)23(16(3)4)8-9-24(20-7-10-28(25,26)14-20)21(27)22-19-12-17(5)11-18(6)13-19/h11-13,15-16,20H,7-10,14H2,1-6H3,(H,22,27)/t20-/m0/s1. The van der Waals surface area contributed by atoms with Gasteiger partial charge < -0.3 is 10.2 Å². The fourth-order valence-electron chi connectivity index (χ4n) is 4.05. The van der Waals surface area contributed by atoms with Gasteiger partial charge in [-0.3, -0.25) is 4.90 Å². The van der Waals surface area contributed by atoms with Crippen LogP contribution < -0.4 is 5.32 Å². The van der Waals surface area contributed by atoms with Crippen molar-refractivity contribution in [3.63, 3.8) is 0 Å². The molecule has 1 aromatic rings. The van der Waals surface area contributed by atoms with Gasteiger partial charge in [-0.05, 0) is 83.4 Å². The monoisotopic (exact) mass is 425 g/mol. The molecule has 0 radical (unpaired) electrons. The molecular weight excluding hydrogens is 390 g/mol. The molecule has 0 amide bonds. The third kappa shape index (κ3) is 6.42. The Balaban J connectivity index is 2.18. The number of rotatable bonds is 7. The molecule has 1 N–H and O–H groups in total. The molecule has 0 spiro atoms. The zero-order valence-electron chi connectivity index (χ0n) is 18.0. The van der Waals surface area contributed by atoms with Crippen LogP contribution in [-0.2, 0) is 9.84 Å².